The molecule has 1 atom stereocenters. The van der Waals surface area contributed by atoms with E-state index in [-0.39, 0.29) is 34.6 Å². The Balaban J connectivity index is 1.21. The molecule has 10 heteroatoms. The molecule has 0 aliphatic heterocycles. The first-order chi connectivity index (χ1) is 20.0. The van der Waals surface area contributed by atoms with E-state index in [0.717, 1.165) is 27.8 Å². The van der Waals surface area contributed by atoms with Crippen molar-refractivity contribution in [1.82, 2.24) is 15.0 Å². The lowest BCUT2D eigenvalue weighted by Gasteiger charge is -2.29. The highest BCUT2D eigenvalue weighted by atomic mass is 32.2. The molecule has 1 aliphatic rings. The van der Waals surface area contributed by atoms with Crippen LogP contribution >= 0.6 is 0 Å². The molecule has 0 bridgehead atoms. The number of halogens is 1. The molecule has 0 spiro atoms. The summed E-state index contributed by atoms with van der Waals surface area (Å²) in [5.41, 5.74) is 4.56. The lowest BCUT2D eigenvalue weighted by Crippen LogP contribution is -2.41. The van der Waals surface area contributed by atoms with Gasteiger partial charge in [-0.3, -0.25) is 4.79 Å². The number of fused-ring (bicyclic) bond motifs is 1. The number of aromatic amines is 1. The molecule has 220 valence electrons. The highest BCUT2D eigenvalue weighted by Gasteiger charge is 2.30. The largest absolute Gasteiger partial charge is 0.465 e. The van der Waals surface area contributed by atoms with Gasteiger partial charge in [-0.2, -0.15) is 0 Å². The van der Waals surface area contributed by atoms with Crippen molar-refractivity contribution in [3.63, 3.8) is 0 Å². The molecule has 8 nitrogen and oxygen atoms in total. The number of ether oxygens (including phenoxy) is 1. The van der Waals surface area contributed by atoms with Crippen molar-refractivity contribution in [2.24, 2.45) is 5.92 Å². The van der Waals surface area contributed by atoms with Crippen LogP contribution in [0.15, 0.2) is 71.6 Å². The average molecular weight is 592 g/mol. The standard InChI is InChI=1S/C32H34FN3O5S/c1-19-16-24(32(38)41-3)9-15-28(19)30-17-23-8-14-27(18-29(23)35-30)42(39,40)36-26-12-6-22(7-13-26)31(37)34-20(2)21-4-10-25(33)11-5-21/h4-5,8-11,14-18,20,22,26,35-36H,6-7,12-13H2,1-3H3,(H,34,37)/t20-,22-,26-/m1/s1. The molecule has 0 saturated heterocycles. The van der Waals surface area contributed by atoms with E-state index in [9.17, 15) is 22.4 Å². The van der Waals surface area contributed by atoms with Gasteiger partial charge < -0.3 is 15.0 Å². The molecule has 1 saturated carbocycles. The van der Waals surface area contributed by atoms with Crippen LogP contribution in [0.1, 0.15) is 60.1 Å². The second kappa shape index (κ2) is 12.1. The first kappa shape index (κ1) is 29.5. The van der Waals surface area contributed by atoms with Crippen molar-refractivity contribution in [1.29, 1.82) is 0 Å². The summed E-state index contributed by atoms with van der Waals surface area (Å²) in [6.07, 6.45) is 2.25. The molecule has 0 unspecified atom stereocenters. The zero-order chi connectivity index (χ0) is 30.0. The van der Waals surface area contributed by atoms with Gasteiger partial charge in [0.15, 0.2) is 0 Å². The summed E-state index contributed by atoms with van der Waals surface area (Å²) >= 11 is 0. The molecular formula is C32H34FN3O5S. The highest BCUT2D eigenvalue weighted by molar-refractivity contribution is 7.89. The van der Waals surface area contributed by atoms with Crippen LogP contribution in [-0.2, 0) is 19.6 Å². The number of H-pyrrole nitrogens is 1. The maximum Gasteiger partial charge on any atom is 0.337 e. The number of hydrogen-bond donors (Lipinski definition) is 3. The van der Waals surface area contributed by atoms with Crippen LogP contribution in [-0.4, -0.2) is 38.4 Å². The third-order valence-corrected chi connectivity index (χ3v) is 9.51. The Hall–Kier alpha value is -4.02. The topological polar surface area (TPSA) is 117 Å². The molecule has 3 N–H and O–H groups in total. The predicted octanol–water partition coefficient (Wildman–Crippen LogP) is 5.78. The number of hydrogen-bond acceptors (Lipinski definition) is 5. The molecule has 5 rings (SSSR count). The number of sulfonamides is 1. The summed E-state index contributed by atoms with van der Waals surface area (Å²) in [7, 11) is -2.44. The van der Waals surface area contributed by atoms with E-state index in [0.29, 0.717) is 36.8 Å². The quantitative estimate of drug-likeness (QED) is 0.225. The minimum Gasteiger partial charge on any atom is -0.465 e. The van der Waals surface area contributed by atoms with Gasteiger partial charge in [0.05, 0.1) is 23.6 Å². The number of amides is 1. The molecular weight excluding hydrogens is 557 g/mol. The second-order valence-corrected chi connectivity index (χ2v) is 12.6. The van der Waals surface area contributed by atoms with Gasteiger partial charge in [-0.1, -0.05) is 24.3 Å². The predicted molar refractivity (Wildman–Crippen MR) is 159 cm³/mol. The fourth-order valence-corrected chi connectivity index (χ4v) is 6.89. The Morgan fingerprint density at radius 2 is 1.69 bits per heavy atom. The van der Waals surface area contributed by atoms with Crippen LogP contribution in [0.4, 0.5) is 4.39 Å². The van der Waals surface area contributed by atoms with E-state index in [4.69, 9.17) is 4.74 Å². The number of aryl methyl sites for hydroxylation is 1. The van der Waals surface area contributed by atoms with E-state index in [1.54, 1.807) is 42.5 Å². The van der Waals surface area contributed by atoms with Crippen LogP contribution in [0.2, 0.25) is 0 Å². The number of carbonyl (C=O) groups is 2. The number of esters is 1. The first-order valence-electron chi connectivity index (χ1n) is 13.9. The Morgan fingerprint density at radius 3 is 2.36 bits per heavy atom. The summed E-state index contributed by atoms with van der Waals surface area (Å²) in [6, 6.07) is 17.8. The van der Waals surface area contributed by atoms with Gasteiger partial charge in [-0.15, -0.1) is 0 Å². The van der Waals surface area contributed by atoms with Gasteiger partial charge >= 0.3 is 5.97 Å². The molecule has 1 heterocycles. The van der Waals surface area contributed by atoms with Crippen LogP contribution in [0.5, 0.6) is 0 Å². The zero-order valence-electron chi connectivity index (χ0n) is 23.7. The maximum absolute atomic E-state index is 13.3. The van der Waals surface area contributed by atoms with E-state index in [1.165, 1.54) is 19.2 Å². The second-order valence-electron chi connectivity index (χ2n) is 10.9. The highest BCUT2D eigenvalue weighted by Crippen LogP contribution is 2.30. The lowest BCUT2D eigenvalue weighted by molar-refractivity contribution is -0.126. The van der Waals surface area contributed by atoms with Crippen LogP contribution in [0.3, 0.4) is 0 Å². The number of nitrogens with one attached hydrogen (secondary N) is 3. The molecule has 1 fully saturated rings. The SMILES string of the molecule is COC(=O)c1ccc(-c2cc3ccc(S(=O)(=O)N[C@H]4CC[C@H](C(=O)N[C@H](C)c5ccc(F)cc5)CC4)cc3[nH]2)c(C)c1. The number of aromatic nitrogens is 1. The first-order valence-corrected chi connectivity index (χ1v) is 15.4. The van der Waals surface area contributed by atoms with Gasteiger partial charge in [-0.25, -0.2) is 22.3 Å². The van der Waals surface area contributed by atoms with E-state index in [2.05, 4.69) is 15.0 Å². The fraction of sp³-hybridized carbons (Fsp3) is 0.312. The number of methoxy groups -OCH3 is 1. The van der Waals surface area contributed by atoms with Gasteiger partial charge in [-0.05, 0) is 93.1 Å². The van der Waals surface area contributed by atoms with Crippen LogP contribution in [0, 0.1) is 18.7 Å². The number of rotatable bonds is 8. The summed E-state index contributed by atoms with van der Waals surface area (Å²) < 4.78 is 47.4. The summed E-state index contributed by atoms with van der Waals surface area (Å²) in [5.74, 6) is -1.00. The van der Waals surface area contributed by atoms with Crippen LogP contribution in [0.25, 0.3) is 22.2 Å². The van der Waals surface area contributed by atoms with Gasteiger partial charge in [0, 0.05) is 34.1 Å². The van der Waals surface area contributed by atoms with Crippen LogP contribution < -0.4 is 10.0 Å². The molecule has 0 radical (unpaired) electrons. The van der Waals surface area contributed by atoms with Crippen molar-refractivity contribution in [2.45, 2.75) is 56.5 Å². The molecule has 3 aromatic carbocycles. The van der Waals surface area contributed by atoms with Gasteiger partial charge in [0.1, 0.15) is 5.82 Å². The maximum atomic E-state index is 13.3. The molecule has 42 heavy (non-hydrogen) atoms. The van der Waals surface area contributed by atoms with Crippen molar-refractivity contribution < 1.29 is 27.1 Å². The molecule has 1 aliphatic carbocycles. The van der Waals surface area contributed by atoms with Gasteiger partial charge in [0.2, 0.25) is 15.9 Å². The molecule has 4 aromatic rings. The Kier molecular flexibility index (Phi) is 8.47. The smallest absolute Gasteiger partial charge is 0.337 e. The summed E-state index contributed by atoms with van der Waals surface area (Å²) in [4.78, 5) is 28.1. The fourth-order valence-electron chi connectivity index (χ4n) is 5.56. The van der Waals surface area contributed by atoms with E-state index in [1.807, 2.05) is 26.0 Å². The number of benzene rings is 3. The average Bonchev–Trinajstić information content (AvgIpc) is 3.40. The minimum absolute atomic E-state index is 0.0729. The third kappa shape index (κ3) is 6.39. The number of carbonyl (C=O) groups excluding carboxylic acids is 2. The Morgan fingerprint density at radius 1 is 0.976 bits per heavy atom. The van der Waals surface area contributed by atoms with Crippen molar-refractivity contribution >= 4 is 32.8 Å². The van der Waals surface area contributed by atoms with Crippen molar-refractivity contribution in [3.8, 4) is 11.3 Å². The Bertz CT molecular complexity index is 1720. The zero-order valence-corrected chi connectivity index (χ0v) is 24.6. The Labute approximate surface area is 244 Å². The van der Waals surface area contributed by atoms with E-state index < -0.39 is 16.0 Å². The van der Waals surface area contributed by atoms with E-state index >= 15 is 0 Å². The van der Waals surface area contributed by atoms with Crippen molar-refractivity contribution in [3.05, 3.63) is 89.2 Å². The molecule has 1 aromatic heterocycles. The minimum atomic E-state index is -3.78. The summed E-state index contributed by atoms with van der Waals surface area (Å²) in [5, 5.41) is 3.86. The normalized spacial score (nSPS) is 18.0. The molecule has 1 amide bonds. The van der Waals surface area contributed by atoms with Crippen molar-refractivity contribution in [2.75, 3.05) is 7.11 Å². The monoisotopic (exact) mass is 591 g/mol. The van der Waals surface area contributed by atoms with Gasteiger partial charge in [0.25, 0.3) is 0 Å². The lowest BCUT2D eigenvalue weighted by atomic mass is 9.85. The third-order valence-electron chi connectivity index (χ3n) is 7.99. The summed E-state index contributed by atoms with van der Waals surface area (Å²) in [6.45, 7) is 3.76.